The van der Waals surface area contributed by atoms with E-state index >= 15 is 4.39 Å². The zero-order chi connectivity index (χ0) is 52.9. The van der Waals surface area contributed by atoms with Gasteiger partial charge >= 0.3 is 0 Å². The van der Waals surface area contributed by atoms with Crippen LogP contribution in [-0.4, -0.2) is 95.6 Å². The molecule has 1 N–H and O–H groups in total. The predicted molar refractivity (Wildman–Crippen MR) is 290 cm³/mol. The van der Waals surface area contributed by atoms with Gasteiger partial charge in [0.2, 0.25) is 0 Å². The molecule has 2 fully saturated rings. The SMILES string of the molecule is CC1(C)CNc2cc(N3CCOCC3)cnc21.Cc1ccnc(-c2nc3cc(F)cc(F)c3c(Cl)c2C)c1.Cc1ccnc(-c2nc3cc(F)cc(F)c3c(N3CC(C)(C)c4ncc(N5CCOCC5)cc43)c2C)c1. The summed E-state index contributed by atoms with van der Waals surface area (Å²) < 4.78 is 68.1. The summed E-state index contributed by atoms with van der Waals surface area (Å²) >= 11 is 6.25. The van der Waals surface area contributed by atoms with Crippen LogP contribution >= 0.6 is 11.6 Å². The first-order valence-corrected chi connectivity index (χ1v) is 25.5. The molecule has 2 aromatic carbocycles. The molecule has 0 aliphatic carbocycles. The monoisotopic (exact) mass is 1040 g/mol. The highest BCUT2D eigenvalue weighted by atomic mass is 35.5. The van der Waals surface area contributed by atoms with E-state index in [4.69, 9.17) is 31.0 Å². The highest BCUT2D eigenvalue weighted by Gasteiger charge is 2.40. The Balaban J connectivity index is 0.000000142. The van der Waals surface area contributed by atoms with Gasteiger partial charge in [-0.25, -0.2) is 27.5 Å². The lowest BCUT2D eigenvalue weighted by Gasteiger charge is -2.30. The number of rotatable bonds is 5. The van der Waals surface area contributed by atoms with Crippen molar-refractivity contribution in [1.29, 1.82) is 0 Å². The van der Waals surface area contributed by atoms with Crippen molar-refractivity contribution in [3.63, 3.8) is 0 Å². The Morgan fingerprint density at radius 2 is 1.09 bits per heavy atom. The van der Waals surface area contributed by atoms with Gasteiger partial charge in [0.1, 0.15) is 23.3 Å². The third-order valence-corrected chi connectivity index (χ3v) is 14.8. The van der Waals surface area contributed by atoms with Crippen LogP contribution < -0.4 is 20.0 Å². The van der Waals surface area contributed by atoms with Gasteiger partial charge in [0.25, 0.3) is 0 Å². The summed E-state index contributed by atoms with van der Waals surface area (Å²) in [7, 11) is 0. The zero-order valence-corrected chi connectivity index (χ0v) is 44.1. The molecule has 10 heterocycles. The van der Waals surface area contributed by atoms with Crippen LogP contribution in [0.1, 0.15) is 61.3 Å². The number of pyridine rings is 6. The molecule has 0 atom stereocenters. The third kappa shape index (κ3) is 10.3. The first kappa shape index (κ1) is 51.5. The van der Waals surface area contributed by atoms with Crippen LogP contribution in [0.5, 0.6) is 0 Å². The molecule has 0 spiro atoms. The van der Waals surface area contributed by atoms with Crippen LogP contribution in [0, 0.1) is 51.0 Å². The number of anilines is 5. The van der Waals surface area contributed by atoms with E-state index in [9.17, 15) is 13.2 Å². The van der Waals surface area contributed by atoms with Gasteiger partial charge < -0.3 is 29.5 Å². The van der Waals surface area contributed by atoms with Crippen molar-refractivity contribution in [3.05, 3.63) is 147 Å². The molecule has 388 valence electrons. The van der Waals surface area contributed by atoms with Gasteiger partial charge in [-0.2, -0.15) is 0 Å². The Morgan fingerprint density at radius 1 is 0.587 bits per heavy atom. The number of fused-ring (bicyclic) bond motifs is 4. The standard InChI is InChI=1S/C29H29F2N5O.C16H11ClF2N2.C13H19N3O/c1-17-5-6-32-23(11-17)26-18(2)27(25-21(31)12-19(30)13-22(25)34-26)36-16-29(3,4)28-24(36)14-20(15-33-28)35-7-9-37-10-8-35;1-8-3-4-20-13(5-8)16-9(2)15(17)14-11(19)6-10(18)7-12(14)21-16;1-13(2)9-15-11-7-10(8-14-12(11)13)16-3-5-17-6-4-16/h5-6,11-15H,7-10,16H2,1-4H3;3-7H,1-2H3;7-8,15H,3-6,9H2,1-2H3. The maximum Gasteiger partial charge on any atom is 0.137 e. The Bertz CT molecular complexity index is 3490. The van der Waals surface area contributed by atoms with Crippen LogP contribution in [0.3, 0.4) is 0 Å². The van der Waals surface area contributed by atoms with Crippen LogP contribution in [0.4, 0.5) is 46.0 Å². The Kier molecular flexibility index (Phi) is 14.1. The average Bonchev–Trinajstić information content (AvgIpc) is 3.86. The normalized spacial score (nSPS) is 16.5. The molecule has 17 heteroatoms. The minimum absolute atomic E-state index is 0.131. The van der Waals surface area contributed by atoms with E-state index in [-0.39, 0.29) is 32.3 Å². The highest BCUT2D eigenvalue weighted by molar-refractivity contribution is 6.36. The molecule has 0 amide bonds. The molecule has 0 unspecified atom stereocenters. The zero-order valence-electron chi connectivity index (χ0n) is 43.4. The molecule has 4 aliphatic heterocycles. The molecule has 0 saturated carbocycles. The lowest BCUT2D eigenvalue weighted by Crippen LogP contribution is -2.36. The van der Waals surface area contributed by atoms with Crippen molar-refractivity contribution in [3.8, 4) is 22.8 Å². The number of morpholine rings is 2. The summed E-state index contributed by atoms with van der Waals surface area (Å²) in [5.74, 6) is -2.69. The van der Waals surface area contributed by atoms with Crippen molar-refractivity contribution in [2.24, 2.45) is 0 Å². The van der Waals surface area contributed by atoms with Gasteiger partial charge in [0, 0.05) is 92.3 Å². The van der Waals surface area contributed by atoms with Gasteiger partial charge in [-0.1, -0.05) is 39.3 Å². The van der Waals surface area contributed by atoms with E-state index in [1.807, 2.05) is 57.4 Å². The first-order valence-electron chi connectivity index (χ1n) is 25.1. The van der Waals surface area contributed by atoms with E-state index in [0.717, 1.165) is 91.8 Å². The van der Waals surface area contributed by atoms with E-state index in [2.05, 4.69) is 79.8 Å². The molecule has 75 heavy (non-hydrogen) atoms. The summed E-state index contributed by atoms with van der Waals surface area (Å²) in [5.41, 5.74) is 13.4. The van der Waals surface area contributed by atoms with Gasteiger partial charge in [-0.05, 0) is 80.8 Å². The fourth-order valence-corrected chi connectivity index (χ4v) is 10.6. The maximum absolute atomic E-state index is 15.5. The number of halogens is 5. The number of hydrogen-bond donors (Lipinski definition) is 1. The molecular weight excluding hydrogens is 980 g/mol. The number of hydrogen-bond acceptors (Lipinski definition) is 12. The summed E-state index contributed by atoms with van der Waals surface area (Å²) in [6.07, 6.45) is 7.31. The molecule has 12 rings (SSSR count). The van der Waals surface area contributed by atoms with Crippen LogP contribution in [0.2, 0.25) is 5.02 Å². The summed E-state index contributed by atoms with van der Waals surface area (Å²) in [4.78, 5) is 34.1. The summed E-state index contributed by atoms with van der Waals surface area (Å²) in [5, 5.41) is 4.11. The highest BCUT2D eigenvalue weighted by Crippen LogP contribution is 2.49. The molecule has 0 radical (unpaired) electrons. The molecule has 4 aliphatic rings. The minimum atomic E-state index is -0.714. The largest absolute Gasteiger partial charge is 0.383 e. The molecular formula is C58H59ClF4N10O2. The fourth-order valence-electron chi connectivity index (χ4n) is 10.4. The maximum atomic E-state index is 15.5. The number of nitrogens with one attached hydrogen (secondary N) is 1. The number of aryl methyl sites for hydroxylation is 2. The first-order chi connectivity index (χ1) is 35.9. The topological polar surface area (TPSA) is 118 Å². The van der Waals surface area contributed by atoms with Crippen molar-refractivity contribution >= 4 is 61.8 Å². The van der Waals surface area contributed by atoms with Crippen molar-refractivity contribution in [2.45, 2.75) is 66.2 Å². The second kappa shape index (κ2) is 20.6. The van der Waals surface area contributed by atoms with Crippen LogP contribution in [0.15, 0.2) is 85.5 Å². The molecule has 6 aromatic heterocycles. The smallest absolute Gasteiger partial charge is 0.137 e. The Labute approximate surface area is 439 Å². The Hall–Kier alpha value is -7.01. The second-order valence-corrected chi connectivity index (χ2v) is 21.3. The summed E-state index contributed by atoms with van der Waals surface area (Å²) in [6.45, 7) is 24.4. The lowest BCUT2D eigenvalue weighted by atomic mass is 9.91. The van der Waals surface area contributed by atoms with Crippen molar-refractivity contribution in [2.75, 3.05) is 85.7 Å². The van der Waals surface area contributed by atoms with Gasteiger partial charge in [-0.15, -0.1) is 0 Å². The quantitative estimate of drug-likeness (QED) is 0.165. The molecule has 12 nitrogen and oxygen atoms in total. The average molecular weight is 1040 g/mol. The van der Waals surface area contributed by atoms with Gasteiger partial charge in [0.15, 0.2) is 0 Å². The van der Waals surface area contributed by atoms with Crippen LogP contribution in [-0.2, 0) is 20.3 Å². The van der Waals surface area contributed by atoms with E-state index < -0.39 is 23.3 Å². The van der Waals surface area contributed by atoms with Crippen molar-refractivity contribution in [1.82, 2.24) is 29.9 Å². The number of aromatic nitrogens is 6. The van der Waals surface area contributed by atoms with Gasteiger partial charge in [-0.3, -0.25) is 19.9 Å². The number of benzene rings is 2. The van der Waals surface area contributed by atoms with Gasteiger partial charge in [0.05, 0.1) is 128 Å². The molecule has 0 bridgehead atoms. The number of nitrogens with zero attached hydrogens (tertiary/aromatic N) is 9. The van der Waals surface area contributed by atoms with E-state index in [1.54, 1.807) is 19.3 Å². The summed E-state index contributed by atoms with van der Waals surface area (Å²) in [6, 6.07) is 16.1. The molecule has 8 aromatic rings. The lowest BCUT2D eigenvalue weighted by molar-refractivity contribution is 0.122. The fraction of sp³-hybridized carbons (Fsp3) is 0.345. The predicted octanol–water partition coefficient (Wildman–Crippen LogP) is 12.3. The van der Waals surface area contributed by atoms with Crippen molar-refractivity contribution < 1.29 is 27.0 Å². The Morgan fingerprint density at radius 3 is 1.65 bits per heavy atom. The van der Waals surface area contributed by atoms with E-state index in [0.29, 0.717) is 59.2 Å². The minimum Gasteiger partial charge on any atom is -0.383 e. The van der Waals surface area contributed by atoms with E-state index in [1.165, 1.54) is 29.2 Å². The third-order valence-electron chi connectivity index (χ3n) is 14.3. The number of ether oxygens (including phenoxy) is 2. The molecule has 2 saturated heterocycles. The van der Waals surface area contributed by atoms with Crippen LogP contribution in [0.25, 0.3) is 44.6 Å². The second-order valence-electron chi connectivity index (χ2n) is 20.9.